The van der Waals surface area contributed by atoms with Crippen molar-refractivity contribution in [3.8, 4) is 0 Å². The second-order valence-corrected chi connectivity index (χ2v) is 6.70. The zero-order valence-electron chi connectivity index (χ0n) is 16.3. The van der Waals surface area contributed by atoms with Gasteiger partial charge in [0.25, 0.3) is 0 Å². The molecule has 0 radical (unpaired) electrons. The van der Waals surface area contributed by atoms with E-state index in [2.05, 4.69) is 27.4 Å². The number of esters is 1. The van der Waals surface area contributed by atoms with Crippen LogP contribution in [0.3, 0.4) is 0 Å². The lowest BCUT2D eigenvalue weighted by molar-refractivity contribution is 0.0600. The van der Waals surface area contributed by atoms with Crippen LogP contribution in [-0.4, -0.2) is 63.2 Å². The lowest BCUT2D eigenvalue weighted by Crippen LogP contribution is -2.49. The van der Waals surface area contributed by atoms with Gasteiger partial charge in [0.15, 0.2) is 5.96 Å². The second-order valence-electron chi connectivity index (χ2n) is 6.70. The van der Waals surface area contributed by atoms with Crippen molar-refractivity contribution in [2.45, 2.75) is 38.6 Å². The molecule has 2 rings (SSSR count). The number of rotatable bonds is 7. The molecule has 1 aromatic rings. The quantitative estimate of drug-likeness (QED) is 0.443. The maximum atomic E-state index is 11.5. The minimum Gasteiger partial charge on any atom is -0.465 e. The third-order valence-electron chi connectivity index (χ3n) is 4.77. The van der Waals surface area contributed by atoms with Gasteiger partial charge in [0.05, 0.1) is 12.7 Å². The molecule has 6 heteroatoms. The van der Waals surface area contributed by atoms with Crippen molar-refractivity contribution < 1.29 is 9.53 Å². The Balaban J connectivity index is 1.71. The first-order chi connectivity index (χ1) is 12.7. The van der Waals surface area contributed by atoms with E-state index in [0.717, 1.165) is 44.9 Å². The Morgan fingerprint density at radius 1 is 1.27 bits per heavy atom. The summed E-state index contributed by atoms with van der Waals surface area (Å²) in [7, 11) is 3.21. The Hall–Kier alpha value is -2.08. The summed E-state index contributed by atoms with van der Waals surface area (Å²) < 4.78 is 4.72. The number of carbonyl (C=O) groups is 1. The van der Waals surface area contributed by atoms with Crippen LogP contribution < -0.4 is 10.6 Å². The zero-order chi connectivity index (χ0) is 18.8. The molecule has 1 heterocycles. The van der Waals surface area contributed by atoms with E-state index < -0.39 is 0 Å². The van der Waals surface area contributed by atoms with Gasteiger partial charge in [0, 0.05) is 32.7 Å². The van der Waals surface area contributed by atoms with E-state index in [9.17, 15) is 4.79 Å². The summed E-state index contributed by atoms with van der Waals surface area (Å²) in [6.45, 7) is 6.56. The lowest BCUT2D eigenvalue weighted by atomic mass is 10.1. The Labute approximate surface area is 157 Å². The Morgan fingerprint density at radius 3 is 2.54 bits per heavy atom. The third-order valence-corrected chi connectivity index (χ3v) is 4.77. The highest BCUT2D eigenvalue weighted by atomic mass is 16.5. The topological polar surface area (TPSA) is 66.0 Å². The molecule has 26 heavy (non-hydrogen) atoms. The molecule has 0 saturated carbocycles. The molecular formula is C20H32N4O2. The molecule has 0 spiro atoms. The molecule has 144 valence electrons. The van der Waals surface area contributed by atoms with Crippen LogP contribution in [0.5, 0.6) is 0 Å². The Morgan fingerprint density at radius 2 is 1.96 bits per heavy atom. The fourth-order valence-electron chi connectivity index (χ4n) is 3.26. The van der Waals surface area contributed by atoms with Crippen molar-refractivity contribution >= 4 is 11.9 Å². The van der Waals surface area contributed by atoms with Gasteiger partial charge in [0.1, 0.15) is 0 Å². The van der Waals surface area contributed by atoms with Gasteiger partial charge in [-0.05, 0) is 49.9 Å². The number of methoxy groups -OCH3 is 1. The van der Waals surface area contributed by atoms with Gasteiger partial charge < -0.3 is 20.3 Å². The highest BCUT2D eigenvalue weighted by molar-refractivity contribution is 5.89. The van der Waals surface area contributed by atoms with Crippen LogP contribution in [0.2, 0.25) is 0 Å². The Bertz CT molecular complexity index is 578. The number of nitrogens with one attached hydrogen (secondary N) is 2. The fraction of sp³-hybridized carbons (Fsp3) is 0.600. The predicted octanol–water partition coefficient (Wildman–Crippen LogP) is 2.06. The molecule has 0 amide bonds. The Kier molecular flexibility index (Phi) is 8.41. The van der Waals surface area contributed by atoms with Gasteiger partial charge in [-0.15, -0.1) is 0 Å². The minimum atomic E-state index is -0.302. The average Bonchev–Trinajstić information content (AvgIpc) is 2.68. The summed E-state index contributed by atoms with van der Waals surface area (Å²) >= 11 is 0. The molecule has 1 saturated heterocycles. The van der Waals surface area contributed by atoms with Crippen molar-refractivity contribution in [3.63, 3.8) is 0 Å². The van der Waals surface area contributed by atoms with Gasteiger partial charge in [-0.1, -0.05) is 19.1 Å². The number of piperidine rings is 1. The van der Waals surface area contributed by atoms with Crippen LogP contribution in [0.15, 0.2) is 29.3 Å². The first-order valence-corrected chi connectivity index (χ1v) is 9.53. The average molecular weight is 361 g/mol. The normalized spacial score (nSPS) is 16.3. The maximum Gasteiger partial charge on any atom is 0.337 e. The molecule has 1 aromatic carbocycles. The summed E-state index contributed by atoms with van der Waals surface area (Å²) in [6.07, 6.45) is 4.42. The molecule has 0 bridgehead atoms. The van der Waals surface area contributed by atoms with E-state index in [4.69, 9.17) is 4.74 Å². The summed E-state index contributed by atoms with van der Waals surface area (Å²) in [5, 5.41) is 6.92. The van der Waals surface area contributed by atoms with Gasteiger partial charge in [-0.2, -0.15) is 0 Å². The fourth-order valence-corrected chi connectivity index (χ4v) is 3.26. The van der Waals surface area contributed by atoms with Gasteiger partial charge >= 0.3 is 5.97 Å². The molecule has 1 aliphatic rings. The summed E-state index contributed by atoms with van der Waals surface area (Å²) in [6, 6.07) is 8.03. The lowest BCUT2D eigenvalue weighted by Gasteiger charge is -2.32. The van der Waals surface area contributed by atoms with Crippen LogP contribution in [0.25, 0.3) is 0 Å². The molecule has 0 unspecified atom stereocenters. The van der Waals surface area contributed by atoms with Crippen molar-refractivity contribution in [3.05, 3.63) is 35.4 Å². The predicted molar refractivity (Wildman–Crippen MR) is 106 cm³/mol. The van der Waals surface area contributed by atoms with Crippen molar-refractivity contribution in [2.75, 3.05) is 40.3 Å². The van der Waals surface area contributed by atoms with Gasteiger partial charge in [0.2, 0.25) is 0 Å². The van der Waals surface area contributed by atoms with Crippen LogP contribution in [0.4, 0.5) is 0 Å². The number of carbonyl (C=O) groups excluding carboxylic acids is 1. The number of aliphatic imine (C=N–C) groups is 1. The zero-order valence-corrected chi connectivity index (χ0v) is 16.3. The van der Waals surface area contributed by atoms with E-state index in [0.29, 0.717) is 11.6 Å². The molecule has 1 aliphatic heterocycles. The summed E-state index contributed by atoms with van der Waals surface area (Å²) in [4.78, 5) is 18.3. The molecule has 2 N–H and O–H groups in total. The number of benzene rings is 1. The molecule has 6 nitrogen and oxygen atoms in total. The first-order valence-electron chi connectivity index (χ1n) is 9.53. The minimum absolute atomic E-state index is 0.302. The highest BCUT2D eigenvalue weighted by Gasteiger charge is 2.19. The molecule has 1 fully saturated rings. The number of hydrogen-bond acceptors (Lipinski definition) is 4. The maximum absolute atomic E-state index is 11.5. The van der Waals surface area contributed by atoms with Gasteiger partial charge in [-0.25, -0.2) is 4.79 Å². The molecule has 0 atom stereocenters. The van der Waals surface area contributed by atoms with Gasteiger partial charge in [-0.3, -0.25) is 4.99 Å². The van der Waals surface area contributed by atoms with Crippen molar-refractivity contribution in [1.82, 2.24) is 15.5 Å². The van der Waals surface area contributed by atoms with Crippen LogP contribution in [0, 0.1) is 0 Å². The van der Waals surface area contributed by atoms with E-state index in [-0.39, 0.29) is 5.97 Å². The number of likely N-dealkylation sites (tertiary alicyclic amines) is 1. The van der Waals surface area contributed by atoms with Crippen LogP contribution in [-0.2, 0) is 11.2 Å². The largest absolute Gasteiger partial charge is 0.465 e. The van der Waals surface area contributed by atoms with Crippen LogP contribution in [0.1, 0.15) is 42.1 Å². The van der Waals surface area contributed by atoms with E-state index >= 15 is 0 Å². The second kappa shape index (κ2) is 10.8. The number of nitrogens with zero attached hydrogens (tertiary/aromatic N) is 2. The molecule has 0 aliphatic carbocycles. The summed E-state index contributed by atoms with van der Waals surface area (Å²) in [5.74, 6) is 0.564. The first kappa shape index (κ1) is 20.2. The number of guanidine groups is 1. The number of hydrogen-bond donors (Lipinski definition) is 2. The standard InChI is InChI=1S/C20H32N4O2/c1-4-13-24-14-10-18(11-15-24)23-20(21-2)22-12-9-16-5-7-17(8-6-16)19(25)26-3/h5-8,18H,4,9-15H2,1-3H3,(H2,21,22,23). The van der Waals surface area contributed by atoms with Crippen LogP contribution >= 0.6 is 0 Å². The van der Waals surface area contributed by atoms with E-state index in [1.54, 1.807) is 12.1 Å². The molecular weight excluding hydrogens is 328 g/mol. The SMILES string of the molecule is CCCN1CCC(NC(=NC)NCCc2ccc(C(=O)OC)cc2)CC1. The van der Waals surface area contributed by atoms with Crippen molar-refractivity contribution in [1.29, 1.82) is 0 Å². The molecule has 0 aromatic heterocycles. The highest BCUT2D eigenvalue weighted by Crippen LogP contribution is 2.10. The summed E-state index contributed by atoms with van der Waals surface area (Å²) in [5.41, 5.74) is 1.75. The van der Waals surface area contributed by atoms with E-state index in [1.807, 2.05) is 19.2 Å². The number of ether oxygens (including phenoxy) is 1. The smallest absolute Gasteiger partial charge is 0.337 e. The van der Waals surface area contributed by atoms with Crippen molar-refractivity contribution in [2.24, 2.45) is 4.99 Å². The third kappa shape index (κ3) is 6.33. The van der Waals surface area contributed by atoms with E-state index in [1.165, 1.54) is 25.6 Å². The monoisotopic (exact) mass is 360 g/mol.